The summed E-state index contributed by atoms with van der Waals surface area (Å²) in [6.45, 7) is 5.61. The molecule has 19 heavy (non-hydrogen) atoms. The first-order chi connectivity index (χ1) is 9.00. The Morgan fingerprint density at radius 1 is 1.05 bits per heavy atom. The molecule has 0 spiro atoms. The lowest BCUT2D eigenvalue weighted by atomic mass is 10.3. The Bertz CT molecular complexity index is 299. The van der Waals surface area contributed by atoms with E-state index in [4.69, 9.17) is 0 Å². The second-order valence-electron chi connectivity index (χ2n) is 5.50. The minimum absolute atomic E-state index is 0.0629. The summed E-state index contributed by atoms with van der Waals surface area (Å²) in [4.78, 5) is 29.3. The molecule has 0 aromatic carbocycles. The largest absolute Gasteiger partial charge is 0.343 e. The normalized spacial score (nSPS) is 15.1. The van der Waals surface area contributed by atoms with Gasteiger partial charge in [-0.05, 0) is 39.9 Å². The predicted molar refractivity (Wildman–Crippen MR) is 75.9 cm³/mol. The van der Waals surface area contributed by atoms with E-state index in [1.54, 1.807) is 11.8 Å². The Labute approximate surface area is 116 Å². The van der Waals surface area contributed by atoms with Crippen molar-refractivity contribution >= 4 is 11.8 Å². The van der Waals surface area contributed by atoms with Crippen molar-refractivity contribution in [3.05, 3.63) is 0 Å². The molecule has 1 rings (SSSR count). The summed E-state index contributed by atoms with van der Waals surface area (Å²) >= 11 is 0. The number of hydrogen-bond acceptors (Lipinski definition) is 3. The third kappa shape index (κ3) is 6.05. The van der Waals surface area contributed by atoms with Gasteiger partial charge in [-0.1, -0.05) is 0 Å². The number of nitrogens with zero attached hydrogens (tertiary/aromatic N) is 3. The van der Waals surface area contributed by atoms with E-state index in [0.717, 1.165) is 45.4 Å². The van der Waals surface area contributed by atoms with Crippen molar-refractivity contribution in [3.63, 3.8) is 0 Å². The van der Waals surface area contributed by atoms with Gasteiger partial charge in [-0.15, -0.1) is 0 Å². The van der Waals surface area contributed by atoms with Gasteiger partial charge in [0.15, 0.2) is 0 Å². The highest BCUT2D eigenvalue weighted by molar-refractivity contribution is 5.78. The van der Waals surface area contributed by atoms with Crippen molar-refractivity contribution in [1.29, 1.82) is 0 Å². The van der Waals surface area contributed by atoms with Crippen LogP contribution in [0.2, 0.25) is 0 Å². The number of carbonyl (C=O) groups excluding carboxylic acids is 2. The Kier molecular flexibility index (Phi) is 6.84. The van der Waals surface area contributed by atoms with Crippen LogP contribution in [0.5, 0.6) is 0 Å². The number of amides is 2. The number of carbonyl (C=O) groups is 2. The number of likely N-dealkylation sites (tertiary alicyclic amines) is 1. The van der Waals surface area contributed by atoms with E-state index < -0.39 is 0 Å². The van der Waals surface area contributed by atoms with Gasteiger partial charge in [0.2, 0.25) is 11.8 Å². The minimum Gasteiger partial charge on any atom is -0.343 e. The van der Waals surface area contributed by atoms with Crippen LogP contribution in [0.1, 0.15) is 32.6 Å². The van der Waals surface area contributed by atoms with Crippen LogP contribution >= 0.6 is 0 Å². The molecule has 1 aliphatic heterocycles. The second kappa shape index (κ2) is 8.15. The lowest BCUT2D eigenvalue weighted by Gasteiger charge is -2.23. The van der Waals surface area contributed by atoms with Gasteiger partial charge in [0.1, 0.15) is 0 Å². The highest BCUT2D eigenvalue weighted by Crippen LogP contribution is 2.09. The van der Waals surface area contributed by atoms with Crippen LogP contribution in [-0.4, -0.2) is 73.3 Å². The highest BCUT2D eigenvalue weighted by atomic mass is 16.2. The molecule has 1 aliphatic rings. The van der Waals surface area contributed by atoms with Gasteiger partial charge in [-0.25, -0.2) is 0 Å². The van der Waals surface area contributed by atoms with E-state index >= 15 is 0 Å². The van der Waals surface area contributed by atoms with Gasteiger partial charge in [0.25, 0.3) is 0 Å². The van der Waals surface area contributed by atoms with Crippen LogP contribution < -0.4 is 0 Å². The van der Waals surface area contributed by atoms with Crippen LogP contribution in [0.4, 0.5) is 0 Å². The number of hydrogen-bond donors (Lipinski definition) is 0. The van der Waals surface area contributed by atoms with Gasteiger partial charge in [0, 0.05) is 39.5 Å². The first-order valence-electron chi connectivity index (χ1n) is 7.18. The summed E-state index contributed by atoms with van der Waals surface area (Å²) in [5.74, 6) is 0.254. The molecule has 0 bridgehead atoms. The molecule has 110 valence electrons. The van der Waals surface area contributed by atoms with E-state index in [9.17, 15) is 9.59 Å². The van der Waals surface area contributed by atoms with E-state index in [0.29, 0.717) is 13.0 Å². The average molecular weight is 269 g/mol. The third-order valence-electron chi connectivity index (χ3n) is 3.53. The zero-order valence-electron chi connectivity index (χ0n) is 12.5. The predicted octanol–water partition coefficient (Wildman–Crippen LogP) is 0.799. The maximum atomic E-state index is 11.9. The van der Waals surface area contributed by atoms with Gasteiger partial charge in [0.05, 0.1) is 0 Å². The molecule has 0 saturated carbocycles. The molecule has 0 radical (unpaired) electrons. The summed E-state index contributed by atoms with van der Waals surface area (Å²) in [6.07, 6.45) is 3.64. The van der Waals surface area contributed by atoms with Gasteiger partial charge < -0.3 is 14.7 Å². The van der Waals surface area contributed by atoms with E-state index in [1.165, 1.54) is 0 Å². The summed E-state index contributed by atoms with van der Waals surface area (Å²) in [6, 6.07) is 0. The fourth-order valence-electron chi connectivity index (χ4n) is 2.36. The molecule has 1 saturated heterocycles. The zero-order chi connectivity index (χ0) is 14.3. The van der Waals surface area contributed by atoms with Gasteiger partial charge in [-0.3, -0.25) is 9.59 Å². The highest BCUT2D eigenvalue weighted by Gasteiger charge is 2.19. The molecular weight excluding hydrogens is 242 g/mol. The maximum absolute atomic E-state index is 11.9. The third-order valence-corrected chi connectivity index (χ3v) is 3.53. The van der Waals surface area contributed by atoms with E-state index in [1.807, 2.05) is 19.0 Å². The van der Waals surface area contributed by atoms with Crippen LogP contribution in [0, 0.1) is 0 Å². The SMILES string of the molecule is CC(=O)N(CCCN(C)C)CCC(=O)N1CCCC1. The molecule has 2 amide bonds. The summed E-state index contributed by atoms with van der Waals surface area (Å²) in [5, 5.41) is 0. The molecule has 0 unspecified atom stereocenters. The molecule has 1 fully saturated rings. The Hall–Kier alpha value is -1.10. The van der Waals surface area contributed by atoms with Crippen molar-refractivity contribution in [3.8, 4) is 0 Å². The quantitative estimate of drug-likeness (QED) is 0.686. The molecular formula is C14H27N3O2. The molecule has 0 atom stereocenters. The first-order valence-corrected chi connectivity index (χ1v) is 7.18. The van der Waals surface area contributed by atoms with Crippen LogP contribution in [-0.2, 0) is 9.59 Å². The molecule has 0 aromatic heterocycles. The lowest BCUT2D eigenvalue weighted by molar-refractivity contribution is -0.132. The Morgan fingerprint density at radius 2 is 1.68 bits per heavy atom. The van der Waals surface area contributed by atoms with Gasteiger partial charge in [-0.2, -0.15) is 0 Å². The summed E-state index contributed by atoms with van der Waals surface area (Å²) < 4.78 is 0. The lowest BCUT2D eigenvalue weighted by Crippen LogP contribution is -2.36. The summed E-state index contributed by atoms with van der Waals surface area (Å²) in [7, 11) is 4.05. The fraction of sp³-hybridized carbons (Fsp3) is 0.857. The Morgan fingerprint density at radius 3 is 2.21 bits per heavy atom. The number of rotatable bonds is 7. The van der Waals surface area contributed by atoms with Crippen LogP contribution in [0.25, 0.3) is 0 Å². The molecule has 0 aromatic rings. The van der Waals surface area contributed by atoms with Crippen molar-refractivity contribution in [2.45, 2.75) is 32.6 Å². The van der Waals surface area contributed by atoms with Crippen molar-refractivity contribution < 1.29 is 9.59 Å². The van der Waals surface area contributed by atoms with Crippen molar-refractivity contribution in [1.82, 2.24) is 14.7 Å². The van der Waals surface area contributed by atoms with Crippen molar-refractivity contribution in [2.24, 2.45) is 0 Å². The summed E-state index contributed by atoms with van der Waals surface area (Å²) in [5.41, 5.74) is 0. The van der Waals surface area contributed by atoms with Crippen LogP contribution in [0.15, 0.2) is 0 Å². The minimum atomic E-state index is 0.0629. The van der Waals surface area contributed by atoms with Crippen molar-refractivity contribution in [2.75, 3.05) is 46.8 Å². The van der Waals surface area contributed by atoms with Crippen LogP contribution in [0.3, 0.4) is 0 Å². The van der Waals surface area contributed by atoms with E-state index in [2.05, 4.69) is 4.90 Å². The maximum Gasteiger partial charge on any atom is 0.224 e. The molecule has 0 N–H and O–H groups in total. The fourth-order valence-corrected chi connectivity index (χ4v) is 2.36. The smallest absolute Gasteiger partial charge is 0.224 e. The Balaban J connectivity index is 2.28. The first kappa shape index (κ1) is 16.0. The molecule has 5 heteroatoms. The zero-order valence-corrected chi connectivity index (χ0v) is 12.5. The second-order valence-corrected chi connectivity index (χ2v) is 5.50. The topological polar surface area (TPSA) is 43.9 Å². The molecule has 0 aliphatic carbocycles. The van der Waals surface area contributed by atoms with E-state index in [-0.39, 0.29) is 11.8 Å². The monoisotopic (exact) mass is 269 g/mol. The molecule has 1 heterocycles. The average Bonchev–Trinajstić information content (AvgIpc) is 2.85. The standard InChI is InChI=1S/C14H27N3O2/c1-13(18)16(11-6-8-15(2)3)12-7-14(19)17-9-4-5-10-17/h4-12H2,1-3H3. The van der Waals surface area contributed by atoms with Gasteiger partial charge >= 0.3 is 0 Å². The molecule has 5 nitrogen and oxygen atoms in total.